The van der Waals surface area contributed by atoms with Crippen molar-refractivity contribution in [2.24, 2.45) is 7.05 Å². The molecule has 1 heterocycles. The van der Waals surface area contributed by atoms with E-state index >= 15 is 0 Å². The van der Waals surface area contributed by atoms with E-state index in [9.17, 15) is 9.90 Å². The highest BCUT2D eigenvalue weighted by Gasteiger charge is 2.13. The average molecular weight is 270 g/mol. The predicted octanol–water partition coefficient (Wildman–Crippen LogP) is 2.34. The molecule has 0 bridgehead atoms. The fraction of sp³-hybridized carbons (Fsp3) is 0.100. The van der Waals surface area contributed by atoms with Gasteiger partial charge in [-0.25, -0.2) is 4.79 Å². The van der Waals surface area contributed by atoms with Crippen molar-refractivity contribution < 1.29 is 15.0 Å². The van der Waals surface area contributed by atoms with Gasteiger partial charge in [0.05, 0.1) is 4.47 Å². The van der Waals surface area contributed by atoms with E-state index in [2.05, 4.69) is 15.9 Å². The number of aryl methyl sites for hydroxylation is 1. The fourth-order valence-corrected chi connectivity index (χ4v) is 1.88. The maximum absolute atomic E-state index is 10.9. The van der Waals surface area contributed by atoms with Crippen LogP contribution in [0.25, 0.3) is 10.9 Å². The summed E-state index contributed by atoms with van der Waals surface area (Å²) in [4.78, 5) is 10.9. The molecule has 2 aromatic rings. The van der Waals surface area contributed by atoms with Crippen LogP contribution in [0.2, 0.25) is 0 Å². The van der Waals surface area contributed by atoms with Gasteiger partial charge in [-0.2, -0.15) is 0 Å². The van der Waals surface area contributed by atoms with Gasteiger partial charge in [0.25, 0.3) is 0 Å². The number of carbonyl (C=O) groups is 1. The molecule has 0 radical (unpaired) electrons. The predicted molar refractivity (Wildman–Crippen MR) is 59.2 cm³/mol. The topological polar surface area (TPSA) is 62.5 Å². The second-order valence-corrected chi connectivity index (χ2v) is 4.11. The van der Waals surface area contributed by atoms with Crippen molar-refractivity contribution in [3.05, 3.63) is 28.4 Å². The SMILES string of the molecule is Cn1c(C(=O)O)cc2cc(O)c(Br)cc21. The normalized spacial score (nSPS) is 10.8. The van der Waals surface area contributed by atoms with Crippen molar-refractivity contribution in [3.8, 4) is 5.75 Å². The highest BCUT2D eigenvalue weighted by Crippen LogP contribution is 2.30. The van der Waals surface area contributed by atoms with Crippen LogP contribution >= 0.6 is 15.9 Å². The molecule has 4 nitrogen and oxygen atoms in total. The first-order valence-electron chi connectivity index (χ1n) is 4.22. The summed E-state index contributed by atoms with van der Waals surface area (Å²) in [6.45, 7) is 0. The van der Waals surface area contributed by atoms with Crippen LogP contribution in [-0.4, -0.2) is 20.7 Å². The number of halogens is 1. The molecule has 0 aliphatic carbocycles. The minimum absolute atomic E-state index is 0.102. The molecule has 0 saturated heterocycles. The highest BCUT2D eigenvalue weighted by atomic mass is 79.9. The first kappa shape index (κ1) is 10.0. The van der Waals surface area contributed by atoms with Crippen molar-refractivity contribution in [1.82, 2.24) is 4.57 Å². The lowest BCUT2D eigenvalue weighted by molar-refractivity contribution is 0.0687. The van der Waals surface area contributed by atoms with Gasteiger partial charge in [-0.15, -0.1) is 0 Å². The lowest BCUT2D eigenvalue weighted by Crippen LogP contribution is -2.03. The van der Waals surface area contributed by atoms with Crippen molar-refractivity contribution in [2.45, 2.75) is 0 Å². The molecular formula is C10H8BrNO3. The summed E-state index contributed by atoms with van der Waals surface area (Å²) in [5.74, 6) is -0.880. The van der Waals surface area contributed by atoms with E-state index in [-0.39, 0.29) is 11.4 Å². The number of carboxylic acids is 1. The second-order valence-electron chi connectivity index (χ2n) is 3.26. The van der Waals surface area contributed by atoms with Crippen molar-refractivity contribution >= 4 is 32.8 Å². The number of carboxylic acid groups (broad SMARTS) is 1. The van der Waals surface area contributed by atoms with Crippen molar-refractivity contribution in [3.63, 3.8) is 0 Å². The average Bonchev–Trinajstić information content (AvgIpc) is 2.46. The van der Waals surface area contributed by atoms with Crippen LogP contribution in [0, 0.1) is 0 Å². The number of aromatic carboxylic acids is 1. The maximum Gasteiger partial charge on any atom is 0.352 e. The minimum Gasteiger partial charge on any atom is -0.507 e. The molecule has 0 spiro atoms. The second kappa shape index (κ2) is 3.27. The number of phenolic OH excluding ortho intramolecular Hbond substituents is 1. The zero-order chi connectivity index (χ0) is 11.2. The Morgan fingerprint density at radius 1 is 1.40 bits per heavy atom. The summed E-state index contributed by atoms with van der Waals surface area (Å²) in [5, 5.41) is 19.1. The molecular weight excluding hydrogens is 262 g/mol. The number of rotatable bonds is 1. The lowest BCUT2D eigenvalue weighted by atomic mass is 10.2. The van der Waals surface area contributed by atoms with Gasteiger partial charge in [-0.1, -0.05) is 0 Å². The van der Waals surface area contributed by atoms with Gasteiger partial charge in [-0.05, 0) is 34.1 Å². The van der Waals surface area contributed by atoms with Crippen LogP contribution in [0.1, 0.15) is 10.5 Å². The smallest absolute Gasteiger partial charge is 0.352 e. The zero-order valence-electron chi connectivity index (χ0n) is 7.86. The van der Waals surface area contributed by atoms with Crippen LogP contribution in [0.5, 0.6) is 5.75 Å². The molecule has 5 heteroatoms. The van der Waals surface area contributed by atoms with Crippen molar-refractivity contribution in [1.29, 1.82) is 0 Å². The van der Waals surface area contributed by atoms with E-state index < -0.39 is 5.97 Å². The first-order chi connectivity index (χ1) is 7.00. The number of hydrogen-bond acceptors (Lipinski definition) is 2. The third-order valence-electron chi connectivity index (χ3n) is 2.33. The molecule has 2 rings (SSSR count). The number of benzene rings is 1. The van der Waals surface area contributed by atoms with Crippen LogP contribution < -0.4 is 0 Å². The third kappa shape index (κ3) is 1.48. The van der Waals surface area contributed by atoms with Gasteiger partial charge >= 0.3 is 5.97 Å². The van der Waals surface area contributed by atoms with Gasteiger partial charge < -0.3 is 14.8 Å². The van der Waals surface area contributed by atoms with Gasteiger partial charge in [0.1, 0.15) is 11.4 Å². The molecule has 0 amide bonds. The Bertz CT molecular complexity index is 559. The Morgan fingerprint density at radius 2 is 2.07 bits per heavy atom. The molecule has 1 aromatic carbocycles. The number of aromatic hydroxyl groups is 1. The van der Waals surface area contributed by atoms with E-state index in [4.69, 9.17) is 5.11 Å². The monoisotopic (exact) mass is 269 g/mol. The highest BCUT2D eigenvalue weighted by molar-refractivity contribution is 9.10. The summed E-state index contributed by atoms with van der Waals surface area (Å²) in [7, 11) is 1.68. The molecule has 0 saturated carbocycles. The summed E-state index contributed by atoms with van der Waals surface area (Å²) < 4.78 is 2.12. The lowest BCUT2D eigenvalue weighted by Gasteiger charge is -2.00. The van der Waals surface area contributed by atoms with Crippen LogP contribution in [0.4, 0.5) is 0 Å². The molecule has 0 aliphatic heterocycles. The Hall–Kier alpha value is -1.49. The Balaban J connectivity index is 2.83. The van der Waals surface area contributed by atoms with E-state index in [0.717, 1.165) is 5.52 Å². The largest absolute Gasteiger partial charge is 0.507 e. The maximum atomic E-state index is 10.9. The molecule has 0 unspecified atom stereocenters. The molecule has 78 valence electrons. The zero-order valence-corrected chi connectivity index (χ0v) is 9.45. The first-order valence-corrected chi connectivity index (χ1v) is 5.01. The van der Waals surface area contributed by atoms with E-state index in [1.807, 2.05) is 0 Å². The van der Waals surface area contributed by atoms with Crippen LogP contribution in [0.3, 0.4) is 0 Å². The van der Waals surface area contributed by atoms with E-state index in [0.29, 0.717) is 9.86 Å². The Morgan fingerprint density at radius 3 is 2.67 bits per heavy atom. The van der Waals surface area contributed by atoms with Crippen LogP contribution in [-0.2, 0) is 7.05 Å². The Labute approximate surface area is 93.9 Å². The molecule has 0 aliphatic rings. The number of nitrogens with zero attached hydrogens (tertiary/aromatic N) is 1. The standard InChI is InChI=1S/C10H8BrNO3/c1-12-7-4-6(11)9(13)3-5(7)2-8(12)10(14)15/h2-4,13H,1H3,(H,14,15). The Kier molecular flexibility index (Phi) is 2.19. The van der Waals surface area contributed by atoms with Gasteiger partial charge in [-0.3, -0.25) is 0 Å². The van der Waals surface area contributed by atoms with Crippen LogP contribution in [0.15, 0.2) is 22.7 Å². The molecule has 2 N–H and O–H groups in total. The molecule has 1 aromatic heterocycles. The number of phenols is 1. The molecule has 15 heavy (non-hydrogen) atoms. The summed E-state index contributed by atoms with van der Waals surface area (Å²) >= 11 is 3.19. The van der Waals surface area contributed by atoms with Gasteiger partial charge in [0.15, 0.2) is 0 Å². The fourth-order valence-electron chi connectivity index (χ4n) is 1.55. The van der Waals surface area contributed by atoms with Gasteiger partial charge in [0, 0.05) is 18.0 Å². The molecule has 0 fully saturated rings. The number of hydrogen-bond donors (Lipinski definition) is 2. The van der Waals surface area contributed by atoms with E-state index in [1.54, 1.807) is 17.7 Å². The number of fused-ring (bicyclic) bond motifs is 1. The van der Waals surface area contributed by atoms with Gasteiger partial charge in [0.2, 0.25) is 0 Å². The minimum atomic E-state index is -0.982. The molecule has 0 atom stereocenters. The quantitative estimate of drug-likeness (QED) is 0.836. The van der Waals surface area contributed by atoms with E-state index in [1.165, 1.54) is 12.1 Å². The number of aromatic nitrogens is 1. The summed E-state index contributed by atoms with van der Waals surface area (Å²) in [5.41, 5.74) is 0.958. The van der Waals surface area contributed by atoms with Crippen molar-refractivity contribution in [2.75, 3.05) is 0 Å². The summed E-state index contributed by atoms with van der Waals surface area (Å²) in [6, 6.07) is 4.76. The summed E-state index contributed by atoms with van der Waals surface area (Å²) in [6.07, 6.45) is 0. The third-order valence-corrected chi connectivity index (χ3v) is 2.97.